The van der Waals surface area contributed by atoms with Gasteiger partial charge in [0.2, 0.25) is 5.91 Å². The molecule has 0 heterocycles. The van der Waals surface area contributed by atoms with Crippen molar-refractivity contribution in [2.45, 2.75) is 0 Å². The standard InChI is InChI=1S/C8H4FIN2O/c9-6-1-4(8(12)13)2-7(10)5(6)3-11/h1-2H,(H2,12,13). The number of nitriles is 1. The third kappa shape index (κ3) is 1.95. The molecule has 66 valence electrons. The molecule has 2 N–H and O–H groups in total. The fraction of sp³-hybridized carbons (Fsp3) is 0. The monoisotopic (exact) mass is 290 g/mol. The Morgan fingerprint density at radius 3 is 2.62 bits per heavy atom. The summed E-state index contributed by atoms with van der Waals surface area (Å²) < 4.78 is 13.4. The average molecular weight is 290 g/mol. The van der Waals surface area contributed by atoms with Crippen LogP contribution in [0.25, 0.3) is 0 Å². The van der Waals surface area contributed by atoms with Gasteiger partial charge in [-0.15, -0.1) is 0 Å². The van der Waals surface area contributed by atoms with Crippen LogP contribution >= 0.6 is 22.6 Å². The molecule has 13 heavy (non-hydrogen) atoms. The first-order valence-corrected chi connectivity index (χ1v) is 4.33. The number of hydrogen-bond acceptors (Lipinski definition) is 2. The lowest BCUT2D eigenvalue weighted by atomic mass is 10.1. The van der Waals surface area contributed by atoms with Crippen LogP contribution in [0, 0.1) is 20.7 Å². The number of nitrogens with zero attached hydrogens (tertiary/aromatic N) is 1. The Kier molecular flexibility index (Phi) is 2.83. The normalized spacial score (nSPS) is 9.31. The van der Waals surface area contributed by atoms with Crippen molar-refractivity contribution in [2.24, 2.45) is 5.73 Å². The molecule has 0 fully saturated rings. The van der Waals surface area contributed by atoms with Gasteiger partial charge in [-0.05, 0) is 34.7 Å². The van der Waals surface area contributed by atoms with Crippen LogP contribution in [0.15, 0.2) is 12.1 Å². The van der Waals surface area contributed by atoms with Gasteiger partial charge in [0.05, 0.1) is 0 Å². The first-order chi connectivity index (χ1) is 6.06. The zero-order chi connectivity index (χ0) is 10.0. The van der Waals surface area contributed by atoms with Crippen molar-refractivity contribution in [1.29, 1.82) is 5.26 Å². The Morgan fingerprint density at radius 1 is 1.62 bits per heavy atom. The van der Waals surface area contributed by atoms with Gasteiger partial charge < -0.3 is 5.73 Å². The van der Waals surface area contributed by atoms with Crippen molar-refractivity contribution in [3.8, 4) is 6.07 Å². The number of primary amides is 1. The Bertz CT molecular complexity index is 388. The van der Waals surface area contributed by atoms with Gasteiger partial charge in [0.15, 0.2) is 0 Å². The number of carbonyl (C=O) groups excluding carboxylic acids is 1. The lowest BCUT2D eigenvalue weighted by Gasteiger charge is -2.00. The van der Waals surface area contributed by atoms with E-state index in [0.29, 0.717) is 3.57 Å². The van der Waals surface area contributed by atoms with Crippen LogP contribution in [0.3, 0.4) is 0 Å². The predicted molar refractivity (Wildman–Crippen MR) is 52.3 cm³/mol. The Hall–Kier alpha value is -1.16. The van der Waals surface area contributed by atoms with E-state index >= 15 is 0 Å². The van der Waals surface area contributed by atoms with Gasteiger partial charge >= 0.3 is 0 Å². The highest BCUT2D eigenvalue weighted by atomic mass is 127. The molecule has 0 unspecified atom stereocenters. The van der Waals surface area contributed by atoms with E-state index in [9.17, 15) is 9.18 Å². The molecule has 3 nitrogen and oxygen atoms in total. The maximum atomic E-state index is 13.0. The molecule has 0 aromatic heterocycles. The first-order valence-electron chi connectivity index (χ1n) is 3.25. The van der Waals surface area contributed by atoms with Gasteiger partial charge in [-0.1, -0.05) is 0 Å². The fourth-order valence-electron chi connectivity index (χ4n) is 0.822. The third-order valence-electron chi connectivity index (χ3n) is 1.44. The highest BCUT2D eigenvalue weighted by Gasteiger charge is 2.10. The highest BCUT2D eigenvalue weighted by molar-refractivity contribution is 14.1. The minimum atomic E-state index is -0.719. The number of amides is 1. The van der Waals surface area contributed by atoms with Crippen molar-refractivity contribution in [3.63, 3.8) is 0 Å². The third-order valence-corrected chi connectivity index (χ3v) is 2.29. The van der Waals surface area contributed by atoms with Crippen molar-refractivity contribution < 1.29 is 9.18 Å². The molecule has 0 aliphatic rings. The van der Waals surface area contributed by atoms with Crippen molar-refractivity contribution in [3.05, 3.63) is 32.6 Å². The molecule has 1 aromatic carbocycles. The van der Waals surface area contributed by atoms with E-state index in [-0.39, 0.29) is 11.1 Å². The van der Waals surface area contributed by atoms with E-state index in [2.05, 4.69) is 0 Å². The van der Waals surface area contributed by atoms with Crippen LogP contribution in [0.4, 0.5) is 4.39 Å². The lowest BCUT2D eigenvalue weighted by molar-refractivity contribution is 0.1000. The highest BCUT2D eigenvalue weighted by Crippen LogP contribution is 2.17. The Morgan fingerprint density at radius 2 is 2.23 bits per heavy atom. The molecule has 0 aliphatic heterocycles. The van der Waals surface area contributed by atoms with Crippen LogP contribution < -0.4 is 5.73 Å². The van der Waals surface area contributed by atoms with Gasteiger partial charge in [-0.3, -0.25) is 4.79 Å². The molecular weight excluding hydrogens is 286 g/mol. The molecule has 0 saturated carbocycles. The summed E-state index contributed by atoms with van der Waals surface area (Å²) in [4.78, 5) is 10.7. The topological polar surface area (TPSA) is 66.9 Å². The summed E-state index contributed by atoms with van der Waals surface area (Å²) in [6.45, 7) is 0. The van der Waals surface area contributed by atoms with Crippen molar-refractivity contribution in [1.82, 2.24) is 0 Å². The maximum absolute atomic E-state index is 13.0. The van der Waals surface area contributed by atoms with E-state index in [1.807, 2.05) is 0 Å². The van der Waals surface area contributed by atoms with Gasteiger partial charge in [-0.2, -0.15) is 5.26 Å². The molecule has 0 bridgehead atoms. The van der Waals surface area contributed by atoms with E-state index in [1.54, 1.807) is 28.7 Å². The van der Waals surface area contributed by atoms with Crippen LogP contribution in [-0.4, -0.2) is 5.91 Å². The lowest BCUT2D eigenvalue weighted by Crippen LogP contribution is -2.12. The average Bonchev–Trinajstić information content (AvgIpc) is 2.03. The first kappa shape index (κ1) is 9.92. The quantitative estimate of drug-likeness (QED) is 0.794. The van der Waals surface area contributed by atoms with E-state index < -0.39 is 11.7 Å². The van der Waals surface area contributed by atoms with Gasteiger partial charge in [0.1, 0.15) is 17.4 Å². The molecule has 1 rings (SSSR count). The molecular formula is C8H4FIN2O. The largest absolute Gasteiger partial charge is 0.366 e. The molecule has 0 radical (unpaired) electrons. The molecule has 1 aromatic rings. The Balaban J connectivity index is 3.39. The van der Waals surface area contributed by atoms with E-state index in [4.69, 9.17) is 11.0 Å². The zero-order valence-corrected chi connectivity index (χ0v) is 8.50. The summed E-state index contributed by atoms with van der Waals surface area (Å²) in [5, 5.41) is 8.52. The number of rotatable bonds is 1. The zero-order valence-electron chi connectivity index (χ0n) is 6.34. The summed E-state index contributed by atoms with van der Waals surface area (Å²) in [6, 6.07) is 4.04. The number of benzene rings is 1. The minimum Gasteiger partial charge on any atom is -0.366 e. The molecule has 0 aliphatic carbocycles. The number of hydrogen-bond donors (Lipinski definition) is 1. The molecule has 0 saturated heterocycles. The number of halogens is 2. The van der Waals surface area contributed by atoms with Crippen LogP contribution in [0.5, 0.6) is 0 Å². The SMILES string of the molecule is N#Cc1c(F)cc(C(N)=O)cc1I. The molecule has 5 heteroatoms. The summed E-state index contributed by atoms with van der Waals surface area (Å²) in [7, 11) is 0. The second-order valence-electron chi connectivity index (χ2n) is 2.29. The van der Waals surface area contributed by atoms with Gasteiger partial charge in [0.25, 0.3) is 0 Å². The smallest absolute Gasteiger partial charge is 0.248 e. The van der Waals surface area contributed by atoms with Gasteiger partial charge in [0, 0.05) is 9.13 Å². The second-order valence-corrected chi connectivity index (χ2v) is 3.45. The van der Waals surface area contributed by atoms with Crippen molar-refractivity contribution in [2.75, 3.05) is 0 Å². The molecule has 0 atom stereocenters. The van der Waals surface area contributed by atoms with Gasteiger partial charge in [-0.25, -0.2) is 4.39 Å². The molecule has 1 amide bonds. The van der Waals surface area contributed by atoms with E-state index in [1.165, 1.54) is 6.07 Å². The van der Waals surface area contributed by atoms with E-state index in [0.717, 1.165) is 6.07 Å². The van der Waals surface area contributed by atoms with Crippen molar-refractivity contribution >= 4 is 28.5 Å². The Labute approximate surface area is 87.5 Å². The molecule has 0 spiro atoms. The number of nitrogens with two attached hydrogens (primary N) is 1. The summed E-state index contributed by atoms with van der Waals surface area (Å²) in [6.07, 6.45) is 0. The summed E-state index contributed by atoms with van der Waals surface area (Å²) in [5.41, 5.74) is 4.96. The van der Waals surface area contributed by atoms with Crippen LogP contribution in [0.2, 0.25) is 0 Å². The maximum Gasteiger partial charge on any atom is 0.248 e. The predicted octanol–water partition coefficient (Wildman–Crippen LogP) is 1.40. The second kappa shape index (κ2) is 3.70. The number of carbonyl (C=O) groups is 1. The summed E-state index contributed by atoms with van der Waals surface area (Å²) >= 11 is 1.77. The fourth-order valence-corrected chi connectivity index (χ4v) is 1.54. The van der Waals surface area contributed by atoms with Crippen LogP contribution in [-0.2, 0) is 0 Å². The summed E-state index contributed by atoms with van der Waals surface area (Å²) in [5.74, 6) is -1.43. The minimum absolute atomic E-state index is 0.0643. The van der Waals surface area contributed by atoms with Crippen LogP contribution in [0.1, 0.15) is 15.9 Å².